The molecule has 5 heteroatoms. The molecule has 0 aliphatic heterocycles. The fourth-order valence-electron chi connectivity index (χ4n) is 2.26. The van der Waals surface area contributed by atoms with Crippen LogP contribution in [-0.2, 0) is 4.79 Å². The summed E-state index contributed by atoms with van der Waals surface area (Å²) in [5, 5.41) is 0. The molecule has 19 heavy (non-hydrogen) atoms. The van der Waals surface area contributed by atoms with Crippen molar-refractivity contribution in [3.8, 4) is 0 Å². The van der Waals surface area contributed by atoms with Gasteiger partial charge in [-0.05, 0) is 38.9 Å². The molecule has 2 unspecified atom stereocenters. The van der Waals surface area contributed by atoms with Crippen LogP contribution in [0.5, 0.6) is 0 Å². The van der Waals surface area contributed by atoms with Crippen LogP contribution in [0.1, 0.15) is 44.3 Å². The van der Waals surface area contributed by atoms with Gasteiger partial charge in [-0.15, -0.1) is 0 Å². The largest absolute Gasteiger partial charge is 0.465 e. The second-order valence-corrected chi connectivity index (χ2v) is 5.04. The summed E-state index contributed by atoms with van der Waals surface area (Å²) in [6.07, 6.45) is 2.05. The zero-order valence-electron chi connectivity index (χ0n) is 12.1. The van der Waals surface area contributed by atoms with Crippen molar-refractivity contribution < 1.29 is 9.21 Å². The van der Waals surface area contributed by atoms with Crippen molar-refractivity contribution in [2.24, 2.45) is 11.5 Å². The van der Waals surface area contributed by atoms with Gasteiger partial charge >= 0.3 is 0 Å². The van der Waals surface area contributed by atoms with E-state index >= 15 is 0 Å². The number of furan rings is 1. The first-order valence-corrected chi connectivity index (χ1v) is 6.80. The number of hydrogen-bond acceptors (Lipinski definition) is 4. The summed E-state index contributed by atoms with van der Waals surface area (Å²) in [5.41, 5.74) is 11.4. The van der Waals surface area contributed by atoms with Gasteiger partial charge in [0.2, 0.25) is 5.91 Å². The Morgan fingerprint density at radius 3 is 2.58 bits per heavy atom. The second kappa shape index (κ2) is 7.31. The third kappa shape index (κ3) is 4.69. The van der Waals surface area contributed by atoms with Gasteiger partial charge in [-0.3, -0.25) is 9.69 Å². The number of nitrogens with two attached hydrogens (primary N) is 2. The predicted octanol–water partition coefficient (Wildman–Crippen LogP) is 1.56. The smallest absolute Gasteiger partial charge is 0.231 e. The standard InChI is InChI=1S/C14H25N3O2/c1-4-5-8-17(9-13(16)18)14(11(3)15)12-7-6-10(2)19-12/h6-7,11,14H,4-5,8-9,15H2,1-3H3,(H2,16,18). The zero-order chi connectivity index (χ0) is 14.4. The van der Waals surface area contributed by atoms with Gasteiger partial charge in [0.25, 0.3) is 0 Å². The van der Waals surface area contributed by atoms with Crippen LogP contribution in [0, 0.1) is 6.92 Å². The van der Waals surface area contributed by atoms with Crippen LogP contribution in [0.4, 0.5) is 0 Å². The lowest BCUT2D eigenvalue weighted by molar-refractivity contribution is -0.119. The molecule has 1 rings (SSSR count). The number of aryl methyl sites for hydroxylation is 1. The fraction of sp³-hybridized carbons (Fsp3) is 0.643. The first-order valence-electron chi connectivity index (χ1n) is 6.80. The van der Waals surface area contributed by atoms with Crippen LogP contribution in [0.25, 0.3) is 0 Å². The van der Waals surface area contributed by atoms with E-state index in [2.05, 4.69) is 6.92 Å². The molecule has 5 nitrogen and oxygen atoms in total. The average Bonchev–Trinajstić information content (AvgIpc) is 2.71. The molecule has 1 amide bonds. The summed E-state index contributed by atoms with van der Waals surface area (Å²) in [7, 11) is 0. The minimum atomic E-state index is -0.343. The molecule has 0 saturated carbocycles. The second-order valence-electron chi connectivity index (χ2n) is 5.04. The Balaban J connectivity index is 2.93. The molecule has 0 aliphatic rings. The van der Waals surface area contributed by atoms with Crippen molar-refractivity contribution in [3.05, 3.63) is 23.7 Å². The highest BCUT2D eigenvalue weighted by Crippen LogP contribution is 2.25. The van der Waals surface area contributed by atoms with Gasteiger partial charge in [-0.25, -0.2) is 0 Å². The number of unbranched alkanes of at least 4 members (excludes halogenated alkanes) is 1. The van der Waals surface area contributed by atoms with Gasteiger partial charge < -0.3 is 15.9 Å². The van der Waals surface area contributed by atoms with Gasteiger partial charge in [-0.2, -0.15) is 0 Å². The SMILES string of the molecule is CCCCN(CC(N)=O)C(c1ccc(C)o1)C(C)N. The molecule has 0 saturated heterocycles. The molecule has 0 radical (unpaired) electrons. The lowest BCUT2D eigenvalue weighted by Crippen LogP contribution is -2.44. The van der Waals surface area contributed by atoms with Crippen molar-refractivity contribution in [2.75, 3.05) is 13.1 Å². The maximum Gasteiger partial charge on any atom is 0.231 e. The van der Waals surface area contributed by atoms with E-state index in [1.165, 1.54) is 0 Å². The van der Waals surface area contributed by atoms with E-state index in [4.69, 9.17) is 15.9 Å². The highest BCUT2D eigenvalue weighted by molar-refractivity contribution is 5.76. The quantitative estimate of drug-likeness (QED) is 0.748. The summed E-state index contributed by atoms with van der Waals surface area (Å²) in [6.45, 7) is 6.91. The number of carbonyl (C=O) groups is 1. The monoisotopic (exact) mass is 267 g/mol. The molecule has 0 spiro atoms. The van der Waals surface area contributed by atoms with Gasteiger partial charge in [0.15, 0.2) is 0 Å². The highest BCUT2D eigenvalue weighted by Gasteiger charge is 2.27. The summed E-state index contributed by atoms with van der Waals surface area (Å²) < 4.78 is 5.68. The van der Waals surface area contributed by atoms with Crippen molar-refractivity contribution in [3.63, 3.8) is 0 Å². The molecule has 108 valence electrons. The van der Waals surface area contributed by atoms with Crippen molar-refractivity contribution in [1.29, 1.82) is 0 Å². The van der Waals surface area contributed by atoms with E-state index in [9.17, 15) is 4.79 Å². The minimum absolute atomic E-state index is 0.118. The Hall–Kier alpha value is -1.33. The Labute approximate surface area is 114 Å². The van der Waals surface area contributed by atoms with Crippen molar-refractivity contribution in [1.82, 2.24) is 4.90 Å². The maximum atomic E-state index is 11.2. The molecule has 1 aromatic rings. The summed E-state index contributed by atoms with van der Waals surface area (Å²) in [6, 6.07) is 3.57. The van der Waals surface area contributed by atoms with Crippen molar-refractivity contribution >= 4 is 5.91 Å². The van der Waals surface area contributed by atoms with Crippen LogP contribution in [-0.4, -0.2) is 29.9 Å². The van der Waals surface area contributed by atoms with E-state index in [1.807, 2.05) is 30.9 Å². The summed E-state index contributed by atoms with van der Waals surface area (Å²) in [4.78, 5) is 13.3. The summed E-state index contributed by atoms with van der Waals surface area (Å²) in [5.74, 6) is 1.30. The molecule has 0 aromatic carbocycles. The van der Waals surface area contributed by atoms with Crippen LogP contribution >= 0.6 is 0 Å². The molecular formula is C14H25N3O2. The van der Waals surface area contributed by atoms with E-state index in [1.54, 1.807) is 0 Å². The molecular weight excluding hydrogens is 242 g/mol. The lowest BCUT2D eigenvalue weighted by atomic mass is 10.1. The fourth-order valence-corrected chi connectivity index (χ4v) is 2.26. The Kier molecular flexibility index (Phi) is 6.05. The summed E-state index contributed by atoms with van der Waals surface area (Å²) >= 11 is 0. The maximum absolute atomic E-state index is 11.2. The van der Waals surface area contributed by atoms with Gasteiger partial charge in [0.05, 0.1) is 12.6 Å². The topological polar surface area (TPSA) is 85.5 Å². The molecule has 1 aromatic heterocycles. The number of rotatable bonds is 8. The number of hydrogen-bond donors (Lipinski definition) is 2. The Bertz CT molecular complexity index is 401. The average molecular weight is 267 g/mol. The predicted molar refractivity (Wildman–Crippen MR) is 75.5 cm³/mol. The van der Waals surface area contributed by atoms with E-state index in [-0.39, 0.29) is 24.5 Å². The molecule has 2 atom stereocenters. The first-order chi connectivity index (χ1) is 8.95. The highest BCUT2D eigenvalue weighted by atomic mass is 16.3. The van der Waals surface area contributed by atoms with Gasteiger partial charge in [-0.1, -0.05) is 13.3 Å². The molecule has 0 aliphatic carbocycles. The molecule has 1 heterocycles. The van der Waals surface area contributed by atoms with E-state index in [0.29, 0.717) is 0 Å². The minimum Gasteiger partial charge on any atom is -0.465 e. The van der Waals surface area contributed by atoms with Crippen LogP contribution < -0.4 is 11.5 Å². The number of carbonyl (C=O) groups excluding carboxylic acids is 1. The number of primary amides is 1. The van der Waals surface area contributed by atoms with E-state index in [0.717, 1.165) is 30.9 Å². The Morgan fingerprint density at radius 1 is 1.47 bits per heavy atom. The zero-order valence-corrected chi connectivity index (χ0v) is 12.1. The van der Waals surface area contributed by atoms with Crippen molar-refractivity contribution in [2.45, 2.75) is 45.7 Å². The lowest BCUT2D eigenvalue weighted by Gasteiger charge is -2.31. The van der Waals surface area contributed by atoms with Crippen LogP contribution in [0.3, 0.4) is 0 Å². The van der Waals surface area contributed by atoms with Crippen LogP contribution in [0.2, 0.25) is 0 Å². The van der Waals surface area contributed by atoms with Crippen LogP contribution in [0.15, 0.2) is 16.5 Å². The molecule has 4 N–H and O–H groups in total. The first kappa shape index (κ1) is 15.7. The molecule has 0 bridgehead atoms. The van der Waals surface area contributed by atoms with Gasteiger partial charge in [0, 0.05) is 6.04 Å². The van der Waals surface area contributed by atoms with E-state index < -0.39 is 0 Å². The third-order valence-electron chi connectivity index (χ3n) is 3.10. The normalized spacial score (nSPS) is 14.6. The number of amides is 1. The molecule has 0 fully saturated rings. The third-order valence-corrected chi connectivity index (χ3v) is 3.10. The Morgan fingerprint density at radius 2 is 2.16 bits per heavy atom. The number of nitrogens with zero attached hydrogens (tertiary/aromatic N) is 1. The van der Waals surface area contributed by atoms with Gasteiger partial charge in [0.1, 0.15) is 11.5 Å².